The van der Waals surface area contributed by atoms with E-state index in [0.29, 0.717) is 5.02 Å². The van der Waals surface area contributed by atoms with Crippen molar-refractivity contribution in [1.82, 2.24) is 25.0 Å². The Balaban J connectivity index is 0.000000200. The summed E-state index contributed by atoms with van der Waals surface area (Å²) in [5, 5.41) is 10.0. The summed E-state index contributed by atoms with van der Waals surface area (Å²) in [4.78, 5) is 9.59. The van der Waals surface area contributed by atoms with Crippen LogP contribution in [0.2, 0.25) is 5.02 Å². The van der Waals surface area contributed by atoms with Gasteiger partial charge in [0.25, 0.3) is 0 Å². The highest BCUT2D eigenvalue weighted by Crippen LogP contribution is 2.30. The van der Waals surface area contributed by atoms with E-state index in [0.717, 1.165) is 44.3 Å². The van der Waals surface area contributed by atoms with E-state index in [9.17, 15) is 0 Å². The Hall–Kier alpha value is -3.15. The number of aryl methyl sites for hydroxylation is 1. The van der Waals surface area contributed by atoms with Gasteiger partial charge in [0.2, 0.25) is 0 Å². The highest BCUT2D eigenvalue weighted by Gasteiger charge is 2.14. The molecule has 1 N–H and O–H groups in total. The van der Waals surface area contributed by atoms with Crippen LogP contribution in [0.15, 0.2) is 61.3 Å². The van der Waals surface area contributed by atoms with Crippen molar-refractivity contribution in [1.29, 1.82) is 0 Å². The first-order valence-corrected chi connectivity index (χ1v) is 13.1. The van der Waals surface area contributed by atoms with E-state index in [-0.39, 0.29) is 0 Å². The Morgan fingerprint density at radius 1 is 1.06 bits per heavy atom. The van der Waals surface area contributed by atoms with Gasteiger partial charge in [0.1, 0.15) is 0 Å². The topological polar surface area (TPSA) is 48.0 Å². The van der Waals surface area contributed by atoms with Crippen LogP contribution in [0.3, 0.4) is 0 Å². The number of nitrogens with one attached hydrogen (secondary N) is 1. The number of benzene rings is 2. The third-order valence-electron chi connectivity index (χ3n) is 6.83. The maximum atomic E-state index is 6.45. The summed E-state index contributed by atoms with van der Waals surface area (Å²) < 4.78 is 0. The van der Waals surface area contributed by atoms with Crippen molar-refractivity contribution in [3.63, 3.8) is 0 Å². The molecule has 4 aromatic rings. The Kier molecular flexibility index (Phi) is 8.44. The number of fused-ring (bicyclic) bond motifs is 2. The minimum Gasteiger partial charge on any atom is -0.373 e. The summed E-state index contributed by atoms with van der Waals surface area (Å²) in [5.41, 5.74) is 7.11. The average Bonchev–Trinajstić information content (AvgIpc) is 3.27. The fourth-order valence-electron chi connectivity index (χ4n) is 4.44. The number of H-pyrrole nitrogens is 1. The molecule has 0 bridgehead atoms. The predicted octanol–water partition coefficient (Wildman–Crippen LogP) is 7.32. The maximum Gasteiger partial charge on any atom is 0.0924 e. The van der Waals surface area contributed by atoms with Crippen molar-refractivity contribution >= 4 is 39.5 Å². The SMILES string of the molecule is C=C(CCCC)N1CCN(C)CC1.C=Cc1ccc2c(Cl)cc(-c3ccc4n[nH]c(C)c4c3)nc2c1. The van der Waals surface area contributed by atoms with Gasteiger partial charge in [0, 0.05) is 53.9 Å². The lowest BCUT2D eigenvalue weighted by atomic mass is 10.1. The number of nitrogens with zero attached hydrogens (tertiary/aromatic N) is 4. The zero-order chi connectivity index (χ0) is 25.7. The number of aromatic amines is 1. The molecule has 0 radical (unpaired) electrons. The van der Waals surface area contributed by atoms with E-state index in [1.54, 1.807) is 0 Å². The van der Waals surface area contributed by atoms with Gasteiger partial charge in [-0.05, 0) is 56.6 Å². The number of halogens is 1. The summed E-state index contributed by atoms with van der Waals surface area (Å²) in [7, 11) is 2.19. The molecule has 6 heteroatoms. The van der Waals surface area contributed by atoms with Gasteiger partial charge in [-0.3, -0.25) is 5.10 Å². The Labute approximate surface area is 219 Å². The molecular weight excluding hydrogens is 466 g/mol. The van der Waals surface area contributed by atoms with Crippen LogP contribution in [-0.4, -0.2) is 58.2 Å². The minimum atomic E-state index is 0.699. The summed E-state index contributed by atoms with van der Waals surface area (Å²) in [6.07, 6.45) is 5.54. The van der Waals surface area contributed by atoms with Crippen LogP contribution in [0.5, 0.6) is 0 Å². The first-order valence-electron chi connectivity index (χ1n) is 12.7. The van der Waals surface area contributed by atoms with E-state index in [1.807, 2.05) is 49.4 Å². The monoisotopic (exact) mass is 501 g/mol. The molecular formula is C30H36ClN5. The van der Waals surface area contributed by atoms with Gasteiger partial charge < -0.3 is 9.80 Å². The number of unbranched alkanes of at least 4 members (excludes halogenated alkanes) is 1. The van der Waals surface area contributed by atoms with Crippen LogP contribution in [0.4, 0.5) is 0 Å². The quantitative estimate of drug-likeness (QED) is 0.300. The second-order valence-corrected chi connectivity index (χ2v) is 9.92. The molecule has 2 aromatic carbocycles. The van der Waals surface area contributed by atoms with Crippen molar-refractivity contribution < 1.29 is 0 Å². The second kappa shape index (κ2) is 11.7. The highest BCUT2D eigenvalue weighted by atomic mass is 35.5. The average molecular weight is 502 g/mol. The standard InChI is InChI=1S/C19H14ClN3.C11H22N2/c1-3-12-4-6-14-16(20)10-18(21-19(14)8-12)13-5-7-17-15(9-13)11(2)22-23-17;1-4-5-6-11(2)13-9-7-12(3)8-10-13/h3-10H,1H2,2H3,(H,22,23);2,4-10H2,1,3H3. The van der Waals surface area contributed by atoms with E-state index in [2.05, 4.69) is 53.2 Å². The largest absolute Gasteiger partial charge is 0.373 e. The molecule has 0 saturated carbocycles. The van der Waals surface area contributed by atoms with Crippen LogP contribution in [0.25, 0.3) is 39.1 Å². The number of aromatic nitrogens is 3. The molecule has 3 heterocycles. The maximum absolute atomic E-state index is 6.45. The lowest BCUT2D eigenvalue weighted by Crippen LogP contribution is -2.43. The molecule has 0 atom stereocenters. The summed E-state index contributed by atoms with van der Waals surface area (Å²) >= 11 is 6.45. The molecule has 1 aliphatic heterocycles. The fourth-order valence-corrected chi connectivity index (χ4v) is 4.70. The molecule has 0 aliphatic carbocycles. The van der Waals surface area contributed by atoms with Gasteiger partial charge in [0.05, 0.1) is 21.7 Å². The third kappa shape index (κ3) is 5.97. The first-order chi connectivity index (χ1) is 17.4. The molecule has 188 valence electrons. The molecule has 0 spiro atoms. The smallest absolute Gasteiger partial charge is 0.0924 e. The lowest BCUT2D eigenvalue weighted by Gasteiger charge is -2.35. The van der Waals surface area contributed by atoms with E-state index < -0.39 is 0 Å². The molecule has 1 fully saturated rings. The number of piperazine rings is 1. The van der Waals surface area contributed by atoms with Crippen molar-refractivity contribution in [2.75, 3.05) is 33.2 Å². The normalized spacial score (nSPS) is 14.1. The third-order valence-corrected chi connectivity index (χ3v) is 7.14. The van der Waals surface area contributed by atoms with Gasteiger partial charge in [0.15, 0.2) is 0 Å². The zero-order valence-corrected chi connectivity index (χ0v) is 22.4. The van der Waals surface area contributed by atoms with Crippen molar-refractivity contribution in [2.24, 2.45) is 0 Å². The number of hydrogen-bond donors (Lipinski definition) is 1. The van der Waals surface area contributed by atoms with Crippen LogP contribution in [-0.2, 0) is 0 Å². The molecule has 0 amide bonds. The number of allylic oxidation sites excluding steroid dienone is 1. The van der Waals surface area contributed by atoms with E-state index in [1.165, 1.54) is 51.1 Å². The molecule has 1 saturated heterocycles. The van der Waals surface area contributed by atoms with Gasteiger partial charge in [-0.1, -0.05) is 62.4 Å². The van der Waals surface area contributed by atoms with Crippen LogP contribution in [0.1, 0.15) is 37.4 Å². The summed E-state index contributed by atoms with van der Waals surface area (Å²) in [6, 6.07) is 14.0. The predicted molar refractivity (Wildman–Crippen MR) is 154 cm³/mol. The molecule has 2 aromatic heterocycles. The van der Waals surface area contributed by atoms with Gasteiger partial charge >= 0.3 is 0 Å². The highest BCUT2D eigenvalue weighted by molar-refractivity contribution is 6.35. The number of pyridine rings is 1. The van der Waals surface area contributed by atoms with Crippen LogP contribution < -0.4 is 0 Å². The molecule has 1 aliphatic rings. The van der Waals surface area contributed by atoms with Crippen LogP contribution >= 0.6 is 11.6 Å². The number of hydrogen-bond acceptors (Lipinski definition) is 4. The molecule has 5 rings (SSSR count). The lowest BCUT2D eigenvalue weighted by molar-refractivity contribution is 0.182. The van der Waals surface area contributed by atoms with Crippen molar-refractivity contribution in [2.45, 2.75) is 33.1 Å². The molecule has 0 unspecified atom stereocenters. The zero-order valence-electron chi connectivity index (χ0n) is 21.6. The number of rotatable bonds is 6. The second-order valence-electron chi connectivity index (χ2n) is 9.51. The minimum absolute atomic E-state index is 0.699. The fraction of sp³-hybridized carbons (Fsp3) is 0.333. The Morgan fingerprint density at radius 3 is 2.56 bits per heavy atom. The van der Waals surface area contributed by atoms with E-state index in [4.69, 9.17) is 16.6 Å². The van der Waals surface area contributed by atoms with Gasteiger partial charge in [-0.2, -0.15) is 5.10 Å². The van der Waals surface area contributed by atoms with Gasteiger partial charge in [-0.15, -0.1) is 0 Å². The summed E-state index contributed by atoms with van der Waals surface area (Å²) in [5.74, 6) is 0. The Morgan fingerprint density at radius 2 is 1.83 bits per heavy atom. The number of likely N-dealkylation sites (N-methyl/N-ethyl adjacent to an activating group) is 1. The molecule has 5 nitrogen and oxygen atoms in total. The van der Waals surface area contributed by atoms with Gasteiger partial charge in [-0.25, -0.2) is 4.98 Å². The summed E-state index contributed by atoms with van der Waals surface area (Å²) in [6.45, 7) is 16.9. The molecule has 36 heavy (non-hydrogen) atoms. The van der Waals surface area contributed by atoms with Crippen molar-refractivity contribution in [3.05, 3.63) is 77.6 Å². The first kappa shape index (κ1) is 25.9. The van der Waals surface area contributed by atoms with Crippen LogP contribution in [0, 0.1) is 6.92 Å². The van der Waals surface area contributed by atoms with Crippen molar-refractivity contribution in [3.8, 4) is 11.3 Å². The van der Waals surface area contributed by atoms with E-state index >= 15 is 0 Å². The Bertz CT molecular complexity index is 1360.